The van der Waals surface area contributed by atoms with Crippen LogP contribution >= 0.6 is 15.9 Å². The summed E-state index contributed by atoms with van der Waals surface area (Å²) in [5.74, 6) is -0.686. The quantitative estimate of drug-likeness (QED) is 0.723. The second-order valence-electron chi connectivity index (χ2n) is 4.45. The second-order valence-corrected chi connectivity index (χ2v) is 7.02. The van der Waals surface area contributed by atoms with E-state index < -0.39 is 22.0 Å². The average molecular weight is 380 g/mol. The maximum atomic E-state index is 12.2. The number of carboxylic acid groups (broad SMARTS) is 1. The third-order valence-corrected chi connectivity index (χ3v) is 4.96. The van der Waals surface area contributed by atoms with E-state index in [2.05, 4.69) is 20.7 Å². The van der Waals surface area contributed by atoms with Gasteiger partial charge in [0, 0.05) is 0 Å². The molecule has 0 spiro atoms. The minimum absolute atomic E-state index is 0.0158. The Labute approximate surface area is 132 Å². The molecule has 1 aromatic carbocycles. The Bertz CT molecular complexity index is 603. The van der Waals surface area contributed by atoms with Gasteiger partial charge in [0.05, 0.1) is 16.5 Å². The number of carbonyl (C=O) groups is 1. The van der Waals surface area contributed by atoms with Crippen molar-refractivity contribution in [3.63, 3.8) is 0 Å². The van der Waals surface area contributed by atoms with E-state index in [-0.39, 0.29) is 11.3 Å². The number of halogens is 1. The predicted molar refractivity (Wildman–Crippen MR) is 82.0 cm³/mol. The molecule has 0 heterocycles. The van der Waals surface area contributed by atoms with Crippen LogP contribution in [0.1, 0.15) is 26.2 Å². The minimum atomic E-state index is -3.90. The average Bonchev–Trinajstić information content (AvgIpc) is 2.43. The van der Waals surface area contributed by atoms with Crippen LogP contribution < -0.4 is 9.46 Å². The number of nitrogens with one attached hydrogen (secondary N) is 1. The highest BCUT2D eigenvalue weighted by Gasteiger charge is 2.25. The molecule has 118 valence electrons. The highest BCUT2D eigenvalue weighted by atomic mass is 79.9. The molecule has 0 fully saturated rings. The molecular weight excluding hydrogens is 362 g/mol. The van der Waals surface area contributed by atoms with Gasteiger partial charge in [-0.15, -0.1) is 0 Å². The standard InChI is InChI=1S/C13H18BrNO5S/c1-3-4-5-11(13(16)17)15-21(18,19)9-6-7-12(20-2)10(14)8-9/h6-8,11,15H,3-5H2,1-2H3,(H,16,17)/t11-/m0/s1. The molecule has 0 aliphatic heterocycles. The molecule has 0 bridgehead atoms. The first-order chi connectivity index (χ1) is 9.81. The topological polar surface area (TPSA) is 92.7 Å². The summed E-state index contributed by atoms with van der Waals surface area (Å²) in [7, 11) is -2.43. The monoisotopic (exact) mass is 379 g/mol. The number of benzene rings is 1. The molecule has 0 aromatic heterocycles. The van der Waals surface area contributed by atoms with Gasteiger partial charge in [-0.1, -0.05) is 19.8 Å². The number of sulfonamides is 1. The lowest BCUT2D eigenvalue weighted by atomic mass is 10.1. The number of unbranched alkanes of at least 4 members (excludes halogenated alkanes) is 1. The fourth-order valence-corrected chi connectivity index (χ4v) is 3.65. The van der Waals surface area contributed by atoms with E-state index in [9.17, 15) is 13.2 Å². The molecule has 0 saturated heterocycles. The van der Waals surface area contributed by atoms with Crippen LogP contribution in [-0.2, 0) is 14.8 Å². The molecule has 2 N–H and O–H groups in total. The molecule has 1 rings (SSSR count). The van der Waals surface area contributed by atoms with Crippen LogP contribution in [0.2, 0.25) is 0 Å². The van der Waals surface area contributed by atoms with Gasteiger partial charge in [0.25, 0.3) is 0 Å². The van der Waals surface area contributed by atoms with Crippen LogP contribution in [0.5, 0.6) is 5.75 Å². The highest BCUT2D eigenvalue weighted by molar-refractivity contribution is 9.10. The van der Waals surface area contributed by atoms with Crippen molar-refractivity contribution in [1.82, 2.24) is 4.72 Å². The summed E-state index contributed by atoms with van der Waals surface area (Å²) in [6.07, 6.45) is 1.67. The molecule has 6 nitrogen and oxygen atoms in total. The Morgan fingerprint density at radius 1 is 1.48 bits per heavy atom. The molecule has 0 amide bonds. The summed E-state index contributed by atoms with van der Waals surface area (Å²) in [4.78, 5) is 11.1. The molecule has 1 aromatic rings. The molecule has 0 unspecified atom stereocenters. The summed E-state index contributed by atoms with van der Waals surface area (Å²) in [5, 5.41) is 9.09. The van der Waals surface area contributed by atoms with Gasteiger partial charge in [-0.2, -0.15) is 4.72 Å². The summed E-state index contributed by atoms with van der Waals surface area (Å²) >= 11 is 3.20. The normalized spacial score (nSPS) is 12.9. The van der Waals surface area contributed by atoms with Crippen LogP contribution in [-0.4, -0.2) is 32.6 Å². The number of hydrogen-bond donors (Lipinski definition) is 2. The molecular formula is C13H18BrNO5S. The third-order valence-electron chi connectivity index (χ3n) is 2.88. The van der Waals surface area contributed by atoms with Crippen molar-refractivity contribution in [2.75, 3.05) is 7.11 Å². The van der Waals surface area contributed by atoms with Gasteiger partial charge in [-0.05, 0) is 40.5 Å². The van der Waals surface area contributed by atoms with Crippen LogP contribution in [0.15, 0.2) is 27.6 Å². The number of hydrogen-bond acceptors (Lipinski definition) is 4. The predicted octanol–water partition coefficient (Wildman–Crippen LogP) is 2.38. The Balaban J connectivity index is 2.99. The van der Waals surface area contributed by atoms with E-state index in [1.54, 1.807) is 0 Å². The smallest absolute Gasteiger partial charge is 0.321 e. The van der Waals surface area contributed by atoms with Crippen LogP contribution in [0.3, 0.4) is 0 Å². The minimum Gasteiger partial charge on any atom is -0.496 e. The van der Waals surface area contributed by atoms with Gasteiger partial charge in [-0.25, -0.2) is 8.42 Å². The summed E-state index contributed by atoms with van der Waals surface area (Å²) in [6.45, 7) is 1.91. The fourth-order valence-electron chi connectivity index (χ4n) is 1.71. The number of carboxylic acids is 1. The first-order valence-electron chi connectivity index (χ1n) is 6.40. The van der Waals surface area contributed by atoms with Crippen molar-refractivity contribution >= 4 is 31.9 Å². The lowest BCUT2D eigenvalue weighted by molar-refractivity contribution is -0.139. The van der Waals surface area contributed by atoms with Crippen LogP contribution in [0.4, 0.5) is 0 Å². The third kappa shape index (κ3) is 4.98. The Hall–Kier alpha value is -1.12. The highest BCUT2D eigenvalue weighted by Crippen LogP contribution is 2.27. The Morgan fingerprint density at radius 3 is 2.62 bits per heavy atom. The van der Waals surface area contributed by atoms with Crippen molar-refractivity contribution in [3.05, 3.63) is 22.7 Å². The maximum absolute atomic E-state index is 12.2. The van der Waals surface area contributed by atoms with Crippen molar-refractivity contribution in [2.45, 2.75) is 37.1 Å². The van der Waals surface area contributed by atoms with Gasteiger partial charge < -0.3 is 9.84 Å². The first kappa shape index (κ1) is 17.9. The number of methoxy groups -OCH3 is 1. The van der Waals surface area contributed by atoms with Crippen molar-refractivity contribution in [2.24, 2.45) is 0 Å². The van der Waals surface area contributed by atoms with Gasteiger partial charge in [0.2, 0.25) is 10.0 Å². The van der Waals surface area contributed by atoms with Crippen LogP contribution in [0, 0.1) is 0 Å². The number of rotatable bonds is 8. The van der Waals surface area contributed by atoms with E-state index in [1.807, 2.05) is 6.92 Å². The largest absolute Gasteiger partial charge is 0.496 e. The molecule has 1 atom stereocenters. The van der Waals surface area contributed by atoms with Gasteiger partial charge in [0.1, 0.15) is 11.8 Å². The van der Waals surface area contributed by atoms with E-state index in [4.69, 9.17) is 9.84 Å². The van der Waals surface area contributed by atoms with Gasteiger partial charge in [-0.3, -0.25) is 4.79 Å². The van der Waals surface area contributed by atoms with Gasteiger partial charge in [0.15, 0.2) is 0 Å². The zero-order valence-corrected chi connectivity index (χ0v) is 14.2. The lowest BCUT2D eigenvalue weighted by Crippen LogP contribution is -2.40. The molecule has 21 heavy (non-hydrogen) atoms. The molecule has 0 saturated carbocycles. The first-order valence-corrected chi connectivity index (χ1v) is 8.68. The second kappa shape index (κ2) is 7.77. The zero-order chi connectivity index (χ0) is 16.0. The summed E-state index contributed by atoms with van der Waals surface area (Å²) < 4.78 is 32.2. The summed E-state index contributed by atoms with van der Waals surface area (Å²) in [5.41, 5.74) is 0. The number of aliphatic carboxylic acids is 1. The van der Waals surface area contributed by atoms with Gasteiger partial charge >= 0.3 is 5.97 Å². The lowest BCUT2D eigenvalue weighted by Gasteiger charge is -2.15. The van der Waals surface area contributed by atoms with E-state index >= 15 is 0 Å². The zero-order valence-electron chi connectivity index (χ0n) is 11.8. The number of ether oxygens (including phenoxy) is 1. The SMILES string of the molecule is CCCC[C@H](NS(=O)(=O)c1ccc(OC)c(Br)c1)C(=O)O. The summed E-state index contributed by atoms with van der Waals surface area (Å²) in [6, 6.07) is 3.11. The Morgan fingerprint density at radius 2 is 2.14 bits per heavy atom. The van der Waals surface area contributed by atoms with E-state index in [0.717, 1.165) is 6.42 Å². The van der Waals surface area contributed by atoms with E-state index in [0.29, 0.717) is 16.6 Å². The fraction of sp³-hybridized carbons (Fsp3) is 0.462. The van der Waals surface area contributed by atoms with Crippen LogP contribution in [0.25, 0.3) is 0 Å². The van der Waals surface area contributed by atoms with Crippen molar-refractivity contribution in [3.8, 4) is 5.75 Å². The van der Waals surface area contributed by atoms with Crippen molar-refractivity contribution in [1.29, 1.82) is 0 Å². The van der Waals surface area contributed by atoms with E-state index in [1.165, 1.54) is 25.3 Å². The maximum Gasteiger partial charge on any atom is 0.321 e. The van der Waals surface area contributed by atoms with Crippen molar-refractivity contribution < 1.29 is 23.1 Å². The molecule has 0 aliphatic carbocycles. The molecule has 0 radical (unpaired) electrons. The molecule has 8 heteroatoms. The molecule has 0 aliphatic rings. The Kier molecular flexibility index (Phi) is 6.63.